The zero-order valence-electron chi connectivity index (χ0n) is 16.1. The molecule has 146 valence electrons. The number of ether oxygens (including phenoxy) is 2. The highest BCUT2D eigenvalue weighted by Gasteiger charge is 2.11. The minimum absolute atomic E-state index is 0.144. The first-order chi connectivity index (χ1) is 12.5. The van der Waals surface area contributed by atoms with Crippen LogP contribution in [0.3, 0.4) is 0 Å². The third kappa shape index (κ3) is 8.32. The predicted molar refractivity (Wildman–Crippen MR) is 100 cm³/mol. The van der Waals surface area contributed by atoms with Gasteiger partial charge in [-0.3, -0.25) is 0 Å². The SMILES string of the molecule is CCc1cc(OCC=C(F)F)cc(CC)c1OCCCCON=C(C)C. The highest BCUT2D eigenvalue weighted by atomic mass is 19.3. The number of rotatable bonds is 12. The van der Waals surface area contributed by atoms with Crippen molar-refractivity contribution in [1.29, 1.82) is 0 Å². The maximum atomic E-state index is 12.1. The first kappa shape index (κ1) is 21.9. The molecule has 0 fully saturated rings. The summed E-state index contributed by atoms with van der Waals surface area (Å²) in [6.07, 6.45) is 2.31. The average Bonchev–Trinajstić information content (AvgIpc) is 2.60. The second kappa shape index (κ2) is 12.3. The minimum Gasteiger partial charge on any atom is -0.493 e. The summed E-state index contributed by atoms with van der Waals surface area (Å²) in [5.74, 6) is 1.46. The quantitative estimate of drug-likeness (QED) is 0.276. The number of benzene rings is 1. The average molecular weight is 369 g/mol. The van der Waals surface area contributed by atoms with Crippen LogP contribution in [0.4, 0.5) is 8.78 Å². The topological polar surface area (TPSA) is 40.0 Å². The molecule has 0 saturated carbocycles. The van der Waals surface area contributed by atoms with E-state index < -0.39 is 6.08 Å². The lowest BCUT2D eigenvalue weighted by molar-refractivity contribution is 0.135. The van der Waals surface area contributed by atoms with Crippen molar-refractivity contribution in [2.45, 2.75) is 53.4 Å². The van der Waals surface area contributed by atoms with E-state index in [1.807, 2.05) is 39.8 Å². The number of unbranched alkanes of at least 4 members (excludes halogenated alkanes) is 1. The largest absolute Gasteiger partial charge is 0.493 e. The van der Waals surface area contributed by atoms with Crippen LogP contribution in [0.1, 0.15) is 51.7 Å². The summed E-state index contributed by atoms with van der Waals surface area (Å²) >= 11 is 0. The van der Waals surface area contributed by atoms with Gasteiger partial charge in [-0.25, -0.2) is 0 Å². The van der Waals surface area contributed by atoms with Gasteiger partial charge in [-0.15, -0.1) is 0 Å². The molecule has 0 aliphatic carbocycles. The van der Waals surface area contributed by atoms with Crippen LogP contribution in [0.5, 0.6) is 11.5 Å². The summed E-state index contributed by atoms with van der Waals surface area (Å²) < 4.78 is 35.7. The third-order valence-corrected chi connectivity index (χ3v) is 3.59. The van der Waals surface area contributed by atoms with E-state index in [0.29, 0.717) is 19.0 Å². The molecule has 6 heteroatoms. The van der Waals surface area contributed by atoms with Crippen LogP contribution in [-0.2, 0) is 17.7 Å². The van der Waals surface area contributed by atoms with Gasteiger partial charge >= 0.3 is 0 Å². The lowest BCUT2D eigenvalue weighted by atomic mass is 10.0. The van der Waals surface area contributed by atoms with E-state index in [9.17, 15) is 8.78 Å². The molecule has 1 aromatic rings. The second-order valence-corrected chi connectivity index (χ2v) is 6.01. The smallest absolute Gasteiger partial charge is 0.269 e. The van der Waals surface area contributed by atoms with Gasteiger partial charge in [0.2, 0.25) is 0 Å². The summed E-state index contributed by atoms with van der Waals surface area (Å²) in [6, 6.07) is 3.72. The molecule has 0 spiro atoms. The minimum atomic E-state index is -1.74. The summed E-state index contributed by atoms with van der Waals surface area (Å²) in [7, 11) is 0. The molecular formula is C20H29F2NO3. The molecule has 0 heterocycles. The van der Waals surface area contributed by atoms with E-state index in [0.717, 1.165) is 54.3 Å². The molecule has 0 amide bonds. The molecule has 0 bridgehead atoms. The molecule has 0 N–H and O–H groups in total. The van der Waals surface area contributed by atoms with E-state index in [2.05, 4.69) is 5.16 Å². The van der Waals surface area contributed by atoms with E-state index in [4.69, 9.17) is 14.3 Å². The summed E-state index contributed by atoms with van der Waals surface area (Å²) in [5, 5.41) is 3.89. The molecule has 0 aliphatic rings. The van der Waals surface area contributed by atoms with E-state index in [1.165, 1.54) is 0 Å². The lowest BCUT2D eigenvalue weighted by Crippen LogP contribution is -2.05. The fraction of sp³-hybridized carbons (Fsp3) is 0.550. The third-order valence-electron chi connectivity index (χ3n) is 3.59. The van der Waals surface area contributed by atoms with Crippen molar-refractivity contribution in [2.24, 2.45) is 5.16 Å². The molecule has 0 saturated heterocycles. The van der Waals surface area contributed by atoms with Crippen molar-refractivity contribution >= 4 is 5.71 Å². The highest BCUT2D eigenvalue weighted by Crippen LogP contribution is 2.31. The Morgan fingerprint density at radius 2 is 1.62 bits per heavy atom. The Morgan fingerprint density at radius 1 is 1.00 bits per heavy atom. The normalized spacial score (nSPS) is 10.2. The van der Waals surface area contributed by atoms with Crippen molar-refractivity contribution in [3.05, 3.63) is 35.4 Å². The fourth-order valence-electron chi connectivity index (χ4n) is 2.33. The maximum absolute atomic E-state index is 12.1. The summed E-state index contributed by atoms with van der Waals surface area (Å²) in [5.41, 5.74) is 2.94. The maximum Gasteiger partial charge on any atom is 0.269 e. The van der Waals surface area contributed by atoms with Gasteiger partial charge in [0.15, 0.2) is 0 Å². The van der Waals surface area contributed by atoms with Gasteiger partial charge < -0.3 is 14.3 Å². The number of oxime groups is 1. The van der Waals surface area contributed by atoms with Crippen LogP contribution in [-0.4, -0.2) is 25.5 Å². The number of hydrogen-bond donors (Lipinski definition) is 0. The standard InChI is InChI=1S/C20H29F2NO3/c1-5-16-13-18(24-12-9-19(21)22)14-17(6-2)20(16)25-10-7-8-11-26-23-15(3)4/h9,13-14H,5-8,10-12H2,1-4H3. The second-order valence-electron chi connectivity index (χ2n) is 6.01. The van der Waals surface area contributed by atoms with Gasteiger partial charge in [0, 0.05) is 6.08 Å². The van der Waals surface area contributed by atoms with E-state index >= 15 is 0 Å². The number of hydrogen-bond acceptors (Lipinski definition) is 4. The highest BCUT2D eigenvalue weighted by molar-refractivity contribution is 5.78. The van der Waals surface area contributed by atoms with Crippen molar-refractivity contribution in [3.63, 3.8) is 0 Å². The first-order valence-electron chi connectivity index (χ1n) is 9.03. The van der Waals surface area contributed by atoms with Crippen LogP contribution < -0.4 is 9.47 Å². The first-order valence-corrected chi connectivity index (χ1v) is 9.03. The molecule has 0 unspecified atom stereocenters. The molecular weight excluding hydrogens is 340 g/mol. The molecule has 0 radical (unpaired) electrons. The molecule has 1 rings (SSSR count). The Morgan fingerprint density at radius 3 is 2.15 bits per heavy atom. The zero-order valence-corrected chi connectivity index (χ0v) is 16.1. The van der Waals surface area contributed by atoms with Crippen molar-refractivity contribution < 1.29 is 23.1 Å². The molecule has 4 nitrogen and oxygen atoms in total. The van der Waals surface area contributed by atoms with Crippen molar-refractivity contribution in [2.75, 3.05) is 19.8 Å². The van der Waals surface area contributed by atoms with Crippen molar-refractivity contribution in [3.8, 4) is 11.5 Å². The van der Waals surface area contributed by atoms with Crippen LogP contribution >= 0.6 is 0 Å². The number of nitrogens with zero attached hydrogens (tertiary/aromatic N) is 1. The predicted octanol–water partition coefficient (Wildman–Crippen LogP) is 5.54. The summed E-state index contributed by atoms with van der Waals surface area (Å²) in [4.78, 5) is 5.17. The molecule has 0 atom stereocenters. The molecule has 26 heavy (non-hydrogen) atoms. The monoisotopic (exact) mass is 369 g/mol. The Hall–Kier alpha value is -2.11. The lowest BCUT2D eigenvalue weighted by Gasteiger charge is -2.17. The van der Waals surface area contributed by atoms with Gasteiger partial charge in [0.05, 0.1) is 12.3 Å². The van der Waals surface area contributed by atoms with E-state index in [-0.39, 0.29) is 6.61 Å². The van der Waals surface area contributed by atoms with Crippen LogP contribution in [0.15, 0.2) is 29.4 Å². The molecule has 0 aliphatic heterocycles. The van der Waals surface area contributed by atoms with Gasteiger partial charge in [-0.1, -0.05) is 19.0 Å². The fourth-order valence-corrected chi connectivity index (χ4v) is 2.33. The van der Waals surface area contributed by atoms with Crippen molar-refractivity contribution in [1.82, 2.24) is 0 Å². The van der Waals surface area contributed by atoms with E-state index in [1.54, 1.807) is 0 Å². The zero-order chi connectivity index (χ0) is 19.4. The van der Waals surface area contributed by atoms with Gasteiger partial charge in [0.25, 0.3) is 6.08 Å². The van der Waals surface area contributed by atoms with Crippen LogP contribution in [0.25, 0.3) is 0 Å². The Labute approximate surface area is 154 Å². The molecule has 1 aromatic carbocycles. The number of aryl methyl sites for hydroxylation is 2. The number of halogens is 2. The summed E-state index contributed by atoms with van der Waals surface area (Å²) in [6.45, 7) is 8.86. The molecule has 0 aromatic heterocycles. The Bertz CT molecular complexity index is 582. The van der Waals surface area contributed by atoms with Crippen LogP contribution in [0, 0.1) is 0 Å². The Balaban J connectivity index is 2.63. The Kier molecular flexibility index (Phi) is 10.4. The van der Waals surface area contributed by atoms with Gasteiger partial charge in [-0.05, 0) is 62.8 Å². The van der Waals surface area contributed by atoms with Crippen LogP contribution in [0.2, 0.25) is 0 Å². The van der Waals surface area contributed by atoms with Gasteiger partial charge in [0.1, 0.15) is 24.7 Å². The van der Waals surface area contributed by atoms with Gasteiger partial charge in [-0.2, -0.15) is 8.78 Å².